The van der Waals surface area contributed by atoms with Crippen molar-refractivity contribution in [2.24, 2.45) is 17.8 Å². The van der Waals surface area contributed by atoms with Gasteiger partial charge in [0.1, 0.15) is 0 Å². The van der Waals surface area contributed by atoms with Gasteiger partial charge in [-0.1, -0.05) is 6.92 Å². The van der Waals surface area contributed by atoms with Crippen molar-refractivity contribution in [3.8, 4) is 0 Å². The Balaban J connectivity index is 2.24. The number of likely N-dealkylation sites (tertiary alicyclic amines) is 1. The number of hydrogen-bond acceptors (Lipinski definition) is 3. The van der Waals surface area contributed by atoms with Gasteiger partial charge in [0.25, 0.3) is 0 Å². The first kappa shape index (κ1) is 13.1. The number of hydrogen-bond donors (Lipinski definition) is 1. The van der Waals surface area contributed by atoms with Crippen LogP contribution in [0.3, 0.4) is 0 Å². The van der Waals surface area contributed by atoms with Crippen LogP contribution in [0, 0.1) is 17.8 Å². The molecule has 1 heterocycles. The molecule has 0 bridgehead atoms. The minimum Gasteiger partial charge on any atom is -0.481 e. The number of carboxylic acids is 1. The lowest BCUT2D eigenvalue weighted by molar-refractivity contribution is -0.150. The first-order chi connectivity index (χ1) is 8.24. The number of rotatable bonds is 3. The van der Waals surface area contributed by atoms with Crippen molar-refractivity contribution >= 4 is 17.8 Å². The fourth-order valence-corrected chi connectivity index (χ4v) is 3.32. The van der Waals surface area contributed by atoms with E-state index in [2.05, 4.69) is 0 Å². The summed E-state index contributed by atoms with van der Waals surface area (Å²) in [7, 11) is 0. The van der Waals surface area contributed by atoms with E-state index in [1.54, 1.807) is 13.8 Å². The second kappa shape index (κ2) is 4.07. The van der Waals surface area contributed by atoms with E-state index < -0.39 is 11.5 Å². The van der Waals surface area contributed by atoms with Crippen LogP contribution in [0.1, 0.15) is 40.0 Å². The molecular formula is C13H19NO4. The molecule has 18 heavy (non-hydrogen) atoms. The van der Waals surface area contributed by atoms with Crippen molar-refractivity contribution in [1.82, 2.24) is 4.90 Å². The number of amides is 2. The third kappa shape index (κ3) is 1.91. The summed E-state index contributed by atoms with van der Waals surface area (Å²) in [6, 6.07) is 0. The highest BCUT2D eigenvalue weighted by atomic mass is 16.4. The predicted octanol–water partition coefficient (Wildman–Crippen LogP) is 1.27. The number of nitrogens with zero attached hydrogens (tertiary/aromatic N) is 1. The Hall–Kier alpha value is -1.39. The zero-order chi connectivity index (χ0) is 13.7. The van der Waals surface area contributed by atoms with E-state index in [1.807, 2.05) is 6.92 Å². The molecule has 0 aromatic carbocycles. The van der Waals surface area contributed by atoms with Crippen molar-refractivity contribution in [3.05, 3.63) is 0 Å². The number of carbonyl (C=O) groups excluding carboxylic acids is 2. The highest BCUT2D eigenvalue weighted by Gasteiger charge is 2.55. The van der Waals surface area contributed by atoms with Gasteiger partial charge >= 0.3 is 5.97 Å². The average Bonchev–Trinajstić information content (AvgIpc) is 2.65. The standard InChI is InChI=1S/C13H19NO4/c1-7-4-8-9(5-7)12(18)14(11(8)17)13(2,3)6-10(15)16/h7-9H,4-6H2,1-3H3,(H,15,16). The van der Waals surface area contributed by atoms with Gasteiger partial charge in [-0.15, -0.1) is 0 Å². The van der Waals surface area contributed by atoms with E-state index in [4.69, 9.17) is 5.11 Å². The van der Waals surface area contributed by atoms with Crippen LogP contribution in [-0.2, 0) is 14.4 Å². The Labute approximate surface area is 106 Å². The highest BCUT2D eigenvalue weighted by Crippen LogP contribution is 2.45. The smallest absolute Gasteiger partial charge is 0.305 e. The maximum absolute atomic E-state index is 12.3. The molecule has 2 rings (SSSR count). The lowest BCUT2D eigenvalue weighted by Gasteiger charge is -2.33. The van der Waals surface area contributed by atoms with Crippen LogP contribution in [0.4, 0.5) is 0 Å². The highest BCUT2D eigenvalue weighted by molar-refractivity contribution is 6.06. The molecule has 100 valence electrons. The Morgan fingerprint density at radius 1 is 1.28 bits per heavy atom. The molecule has 0 aromatic rings. The SMILES string of the molecule is CC1CC2C(=O)N(C(C)(C)CC(=O)O)C(=O)C2C1. The Kier molecular flexibility index (Phi) is 2.95. The summed E-state index contributed by atoms with van der Waals surface area (Å²) in [4.78, 5) is 36.6. The lowest BCUT2D eigenvalue weighted by Crippen LogP contribution is -2.49. The third-order valence-corrected chi connectivity index (χ3v) is 4.06. The normalized spacial score (nSPS) is 31.9. The number of fused-ring (bicyclic) bond motifs is 1. The van der Waals surface area contributed by atoms with Gasteiger partial charge in [0.05, 0.1) is 23.8 Å². The first-order valence-electron chi connectivity index (χ1n) is 6.33. The zero-order valence-electron chi connectivity index (χ0n) is 11.0. The molecule has 1 saturated heterocycles. The van der Waals surface area contributed by atoms with E-state index in [0.717, 1.165) is 12.8 Å². The molecule has 1 saturated carbocycles. The van der Waals surface area contributed by atoms with E-state index in [1.165, 1.54) is 4.90 Å². The topological polar surface area (TPSA) is 74.7 Å². The van der Waals surface area contributed by atoms with E-state index >= 15 is 0 Å². The zero-order valence-corrected chi connectivity index (χ0v) is 11.0. The van der Waals surface area contributed by atoms with Crippen LogP contribution in [-0.4, -0.2) is 33.3 Å². The molecule has 2 aliphatic rings. The van der Waals surface area contributed by atoms with Gasteiger partial charge in [0.15, 0.2) is 0 Å². The number of carbonyl (C=O) groups is 3. The summed E-state index contributed by atoms with van der Waals surface area (Å²) >= 11 is 0. The molecule has 0 spiro atoms. The van der Waals surface area contributed by atoms with Crippen molar-refractivity contribution in [3.63, 3.8) is 0 Å². The second-order valence-electron chi connectivity index (χ2n) is 6.18. The first-order valence-corrected chi connectivity index (χ1v) is 6.33. The van der Waals surface area contributed by atoms with Crippen molar-refractivity contribution in [2.75, 3.05) is 0 Å². The van der Waals surface area contributed by atoms with Gasteiger partial charge in [-0.05, 0) is 32.6 Å². The molecule has 2 fully saturated rings. The minimum absolute atomic E-state index is 0.180. The Morgan fingerprint density at radius 3 is 2.11 bits per heavy atom. The number of carboxylic acid groups (broad SMARTS) is 1. The molecule has 1 N–H and O–H groups in total. The predicted molar refractivity (Wildman–Crippen MR) is 63.6 cm³/mol. The molecular weight excluding hydrogens is 234 g/mol. The van der Waals surface area contributed by atoms with Crippen LogP contribution < -0.4 is 0 Å². The van der Waals surface area contributed by atoms with Crippen molar-refractivity contribution in [2.45, 2.75) is 45.6 Å². The largest absolute Gasteiger partial charge is 0.481 e. The number of imide groups is 1. The molecule has 2 amide bonds. The summed E-state index contributed by atoms with van der Waals surface area (Å²) < 4.78 is 0. The third-order valence-electron chi connectivity index (χ3n) is 4.06. The summed E-state index contributed by atoms with van der Waals surface area (Å²) in [6.07, 6.45) is 1.28. The molecule has 5 heteroatoms. The molecule has 0 aromatic heterocycles. The monoisotopic (exact) mass is 253 g/mol. The van der Waals surface area contributed by atoms with Crippen LogP contribution in [0.5, 0.6) is 0 Å². The maximum Gasteiger partial charge on any atom is 0.305 e. The molecule has 1 aliphatic carbocycles. The van der Waals surface area contributed by atoms with Crippen LogP contribution in [0.25, 0.3) is 0 Å². The molecule has 1 aliphatic heterocycles. The maximum atomic E-state index is 12.3. The fraction of sp³-hybridized carbons (Fsp3) is 0.769. The molecule has 2 unspecified atom stereocenters. The van der Waals surface area contributed by atoms with Crippen molar-refractivity contribution in [1.29, 1.82) is 0 Å². The quantitative estimate of drug-likeness (QED) is 0.769. The average molecular weight is 253 g/mol. The van der Waals surface area contributed by atoms with Crippen LogP contribution in [0.2, 0.25) is 0 Å². The van der Waals surface area contributed by atoms with E-state index in [0.29, 0.717) is 5.92 Å². The van der Waals surface area contributed by atoms with Crippen LogP contribution in [0.15, 0.2) is 0 Å². The Morgan fingerprint density at radius 2 is 1.72 bits per heavy atom. The fourth-order valence-electron chi connectivity index (χ4n) is 3.32. The summed E-state index contributed by atoms with van der Waals surface area (Å²) in [6.45, 7) is 5.33. The lowest BCUT2D eigenvalue weighted by atomic mass is 9.97. The summed E-state index contributed by atoms with van der Waals surface area (Å²) in [5.41, 5.74) is -0.937. The van der Waals surface area contributed by atoms with Gasteiger partial charge in [0, 0.05) is 0 Å². The molecule has 0 radical (unpaired) electrons. The number of aliphatic carboxylic acids is 1. The second-order valence-corrected chi connectivity index (χ2v) is 6.18. The Bertz CT molecular complexity index is 391. The van der Waals surface area contributed by atoms with Gasteiger partial charge in [-0.2, -0.15) is 0 Å². The van der Waals surface area contributed by atoms with Crippen molar-refractivity contribution < 1.29 is 19.5 Å². The van der Waals surface area contributed by atoms with E-state index in [-0.39, 0.29) is 30.1 Å². The van der Waals surface area contributed by atoms with Gasteiger partial charge in [-0.3, -0.25) is 19.3 Å². The molecule has 5 nitrogen and oxygen atoms in total. The van der Waals surface area contributed by atoms with Gasteiger partial charge < -0.3 is 5.11 Å². The summed E-state index contributed by atoms with van der Waals surface area (Å²) in [5.74, 6) is -1.40. The minimum atomic E-state index is -0.994. The van der Waals surface area contributed by atoms with Crippen LogP contribution >= 0.6 is 0 Å². The summed E-state index contributed by atoms with van der Waals surface area (Å²) in [5, 5.41) is 8.88. The molecule has 2 atom stereocenters. The van der Waals surface area contributed by atoms with Gasteiger partial charge in [-0.25, -0.2) is 0 Å². The van der Waals surface area contributed by atoms with Gasteiger partial charge in [0.2, 0.25) is 11.8 Å². The van der Waals surface area contributed by atoms with E-state index in [9.17, 15) is 14.4 Å².